The molecule has 4 rings (SSSR count). The number of carbonyl (C=O) groups is 1. The molecular weight excluding hydrogens is 389 g/mol. The predicted molar refractivity (Wildman–Crippen MR) is 116 cm³/mol. The molecule has 7 heteroatoms. The zero-order valence-corrected chi connectivity index (χ0v) is 17.0. The van der Waals surface area contributed by atoms with Crippen LogP contribution in [0, 0.1) is 5.82 Å². The van der Waals surface area contributed by atoms with Gasteiger partial charge in [-0.25, -0.2) is 4.39 Å². The zero-order valence-electron chi connectivity index (χ0n) is 16.2. The second-order valence-electron chi connectivity index (χ2n) is 6.74. The van der Waals surface area contributed by atoms with Crippen LogP contribution in [-0.4, -0.2) is 48.8 Å². The fourth-order valence-corrected chi connectivity index (χ4v) is 4.32. The quantitative estimate of drug-likeness (QED) is 0.711. The third-order valence-electron chi connectivity index (χ3n) is 4.84. The molecule has 150 valence electrons. The summed E-state index contributed by atoms with van der Waals surface area (Å²) in [4.78, 5) is 21.3. The normalized spacial score (nSPS) is 18.3. The van der Waals surface area contributed by atoms with Crippen molar-refractivity contribution < 1.29 is 13.9 Å². The average Bonchev–Trinajstić information content (AvgIpc) is 3.10. The summed E-state index contributed by atoms with van der Waals surface area (Å²) in [6.45, 7) is 5.34. The maximum atomic E-state index is 14.0. The second-order valence-corrected chi connectivity index (χ2v) is 7.75. The van der Waals surface area contributed by atoms with E-state index < -0.39 is 0 Å². The van der Waals surface area contributed by atoms with Crippen LogP contribution in [0.25, 0.3) is 6.08 Å². The van der Waals surface area contributed by atoms with Crippen LogP contribution in [0.5, 0.6) is 5.75 Å². The maximum Gasteiger partial charge on any atom is 0.286 e. The SMILES string of the molecule is CCOc1ccc(/C=C2\SC(N3CCN(c4ccccc4F)CC3)=NC2=O)cc1. The Morgan fingerprint density at radius 1 is 1.07 bits per heavy atom. The minimum atomic E-state index is -0.213. The minimum absolute atomic E-state index is 0.204. The topological polar surface area (TPSA) is 45.1 Å². The number of aliphatic imine (C=N–C) groups is 1. The lowest BCUT2D eigenvalue weighted by atomic mass is 10.2. The Hall–Kier alpha value is -2.80. The van der Waals surface area contributed by atoms with E-state index >= 15 is 0 Å². The molecule has 5 nitrogen and oxygen atoms in total. The number of carbonyl (C=O) groups excluding carboxylic acids is 1. The van der Waals surface area contributed by atoms with Crippen LogP contribution in [-0.2, 0) is 4.79 Å². The van der Waals surface area contributed by atoms with Gasteiger partial charge in [-0.05, 0) is 54.6 Å². The number of para-hydroxylation sites is 1. The molecule has 0 radical (unpaired) electrons. The Kier molecular flexibility index (Phi) is 5.85. The molecule has 0 unspecified atom stereocenters. The summed E-state index contributed by atoms with van der Waals surface area (Å²) in [6, 6.07) is 14.5. The van der Waals surface area contributed by atoms with E-state index in [1.54, 1.807) is 12.1 Å². The first-order valence-corrected chi connectivity index (χ1v) is 10.5. The smallest absolute Gasteiger partial charge is 0.286 e. The highest BCUT2D eigenvalue weighted by molar-refractivity contribution is 8.18. The number of piperazine rings is 1. The largest absolute Gasteiger partial charge is 0.494 e. The molecule has 0 aromatic heterocycles. The summed E-state index contributed by atoms with van der Waals surface area (Å²) in [6.07, 6.45) is 1.86. The number of halogens is 1. The van der Waals surface area contributed by atoms with Gasteiger partial charge in [-0.2, -0.15) is 4.99 Å². The molecule has 0 aliphatic carbocycles. The standard InChI is InChI=1S/C22H22FN3O2S/c1-2-28-17-9-7-16(8-10-17)15-20-21(27)24-22(29-20)26-13-11-25(12-14-26)19-6-4-3-5-18(19)23/h3-10,15H,2,11-14H2,1H3/b20-15-. The lowest BCUT2D eigenvalue weighted by Crippen LogP contribution is -2.48. The fourth-order valence-electron chi connectivity index (χ4n) is 3.36. The van der Waals surface area contributed by atoms with Crippen molar-refractivity contribution in [2.75, 3.05) is 37.7 Å². The van der Waals surface area contributed by atoms with Crippen molar-refractivity contribution in [2.45, 2.75) is 6.92 Å². The fraction of sp³-hybridized carbons (Fsp3) is 0.273. The maximum absolute atomic E-state index is 14.0. The molecule has 1 fully saturated rings. The number of hydrogen-bond donors (Lipinski definition) is 0. The first-order chi connectivity index (χ1) is 14.1. The number of amidine groups is 1. The summed E-state index contributed by atoms with van der Waals surface area (Å²) in [5.74, 6) is 0.393. The van der Waals surface area contributed by atoms with Crippen LogP contribution in [0.4, 0.5) is 10.1 Å². The number of thioether (sulfide) groups is 1. The molecule has 0 atom stereocenters. The summed E-state index contributed by atoms with van der Waals surface area (Å²) in [5.41, 5.74) is 1.56. The van der Waals surface area contributed by atoms with E-state index in [2.05, 4.69) is 9.89 Å². The van der Waals surface area contributed by atoms with Crippen LogP contribution in [0.2, 0.25) is 0 Å². The van der Waals surface area contributed by atoms with Gasteiger partial charge in [0.1, 0.15) is 11.6 Å². The Morgan fingerprint density at radius 3 is 2.45 bits per heavy atom. The van der Waals surface area contributed by atoms with Crippen molar-refractivity contribution in [3.63, 3.8) is 0 Å². The molecule has 2 aromatic rings. The summed E-state index contributed by atoms with van der Waals surface area (Å²) in [7, 11) is 0. The summed E-state index contributed by atoms with van der Waals surface area (Å²) < 4.78 is 19.5. The van der Waals surface area contributed by atoms with Crippen molar-refractivity contribution >= 4 is 34.6 Å². The van der Waals surface area contributed by atoms with E-state index in [1.165, 1.54) is 17.8 Å². The molecule has 1 saturated heterocycles. The molecule has 0 N–H and O–H groups in total. The third kappa shape index (κ3) is 4.45. The Balaban J connectivity index is 1.38. The van der Waals surface area contributed by atoms with Gasteiger partial charge in [0, 0.05) is 26.2 Å². The molecule has 0 saturated carbocycles. The van der Waals surface area contributed by atoms with Crippen LogP contribution >= 0.6 is 11.8 Å². The highest BCUT2D eigenvalue weighted by atomic mass is 32.2. The van der Waals surface area contributed by atoms with Gasteiger partial charge >= 0.3 is 0 Å². The van der Waals surface area contributed by atoms with Crippen LogP contribution in [0.1, 0.15) is 12.5 Å². The first kappa shape index (κ1) is 19.5. The van der Waals surface area contributed by atoms with E-state index in [1.807, 2.05) is 48.2 Å². The number of anilines is 1. The molecule has 2 aromatic carbocycles. The molecule has 1 amide bonds. The van der Waals surface area contributed by atoms with E-state index in [9.17, 15) is 9.18 Å². The first-order valence-electron chi connectivity index (χ1n) is 9.64. The molecule has 2 aliphatic rings. The van der Waals surface area contributed by atoms with Crippen molar-refractivity contribution in [1.82, 2.24) is 4.90 Å². The van der Waals surface area contributed by atoms with Gasteiger partial charge in [-0.15, -0.1) is 0 Å². The summed E-state index contributed by atoms with van der Waals surface area (Å²) in [5, 5.41) is 0.723. The number of ether oxygens (including phenoxy) is 1. The van der Waals surface area contributed by atoms with Crippen molar-refractivity contribution in [3.8, 4) is 5.75 Å². The van der Waals surface area contributed by atoms with Crippen LogP contribution < -0.4 is 9.64 Å². The number of benzene rings is 2. The second kappa shape index (κ2) is 8.69. The van der Waals surface area contributed by atoms with Gasteiger partial charge in [-0.3, -0.25) is 4.79 Å². The van der Waals surface area contributed by atoms with Crippen molar-refractivity contribution in [2.24, 2.45) is 4.99 Å². The van der Waals surface area contributed by atoms with E-state index in [-0.39, 0.29) is 11.7 Å². The lowest BCUT2D eigenvalue weighted by Gasteiger charge is -2.36. The Bertz CT molecular complexity index is 951. The van der Waals surface area contributed by atoms with Crippen molar-refractivity contribution in [1.29, 1.82) is 0 Å². The van der Waals surface area contributed by atoms with E-state index in [0.29, 0.717) is 43.4 Å². The lowest BCUT2D eigenvalue weighted by molar-refractivity contribution is -0.113. The molecule has 0 spiro atoms. The molecular formula is C22H22FN3O2S. The Morgan fingerprint density at radius 2 is 1.76 bits per heavy atom. The molecule has 0 bridgehead atoms. The van der Waals surface area contributed by atoms with Crippen LogP contribution in [0.15, 0.2) is 58.4 Å². The number of hydrogen-bond acceptors (Lipinski definition) is 5. The molecule has 2 heterocycles. The van der Waals surface area contributed by atoms with E-state index in [0.717, 1.165) is 16.5 Å². The number of amides is 1. The van der Waals surface area contributed by atoms with Gasteiger partial charge in [0.25, 0.3) is 5.91 Å². The zero-order chi connectivity index (χ0) is 20.2. The Labute approximate surface area is 173 Å². The highest BCUT2D eigenvalue weighted by Gasteiger charge is 2.29. The summed E-state index contributed by atoms with van der Waals surface area (Å²) >= 11 is 1.40. The molecule has 29 heavy (non-hydrogen) atoms. The van der Waals surface area contributed by atoms with Gasteiger partial charge in [-0.1, -0.05) is 24.3 Å². The average molecular weight is 412 g/mol. The molecule has 2 aliphatic heterocycles. The van der Waals surface area contributed by atoms with Gasteiger partial charge in [0.15, 0.2) is 5.17 Å². The monoisotopic (exact) mass is 411 g/mol. The van der Waals surface area contributed by atoms with Gasteiger partial charge in [0.05, 0.1) is 17.2 Å². The van der Waals surface area contributed by atoms with Gasteiger partial charge in [0.2, 0.25) is 0 Å². The third-order valence-corrected chi connectivity index (χ3v) is 5.89. The van der Waals surface area contributed by atoms with Gasteiger partial charge < -0.3 is 14.5 Å². The highest BCUT2D eigenvalue weighted by Crippen LogP contribution is 2.31. The number of nitrogens with zero attached hydrogens (tertiary/aromatic N) is 3. The van der Waals surface area contributed by atoms with Crippen LogP contribution in [0.3, 0.4) is 0 Å². The predicted octanol–water partition coefficient (Wildman–Crippen LogP) is 4.02. The van der Waals surface area contributed by atoms with E-state index in [4.69, 9.17) is 4.74 Å². The minimum Gasteiger partial charge on any atom is -0.494 e. The number of rotatable bonds is 4. The van der Waals surface area contributed by atoms with Crippen molar-refractivity contribution in [3.05, 3.63) is 64.8 Å².